The van der Waals surface area contributed by atoms with Crippen LogP contribution < -0.4 is 10.6 Å². The van der Waals surface area contributed by atoms with Crippen molar-refractivity contribution in [2.24, 2.45) is 5.41 Å². The van der Waals surface area contributed by atoms with E-state index in [2.05, 4.69) is 17.6 Å². The Kier molecular flexibility index (Phi) is 4.15. The average Bonchev–Trinajstić information content (AvgIpc) is 2.93. The number of carboxylic acid groups (broad SMARTS) is 1. The second-order valence-electron chi connectivity index (χ2n) is 4.84. The minimum Gasteiger partial charge on any atom is -0.481 e. The molecule has 1 rings (SSSR count). The number of aliphatic carboxylic acids is 1. The summed E-state index contributed by atoms with van der Waals surface area (Å²) in [4.78, 5) is 22.0. The van der Waals surface area contributed by atoms with Gasteiger partial charge >= 0.3 is 12.0 Å². The van der Waals surface area contributed by atoms with Gasteiger partial charge in [-0.1, -0.05) is 13.8 Å². The SMILES string of the molecule is CCC(CC(=O)O)NC(=O)NCC1(C)CC1. The Hall–Kier alpha value is -1.26. The zero-order valence-corrected chi connectivity index (χ0v) is 9.88. The Morgan fingerprint density at radius 2 is 2.06 bits per heavy atom. The van der Waals surface area contributed by atoms with Crippen molar-refractivity contribution < 1.29 is 14.7 Å². The number of rotatable bonds is 6. The Morgan fingerprint density at radius 1 is 1.44 bits per heavy atom. The number of amides is 2. The summed E-state index contributed by atoms with van der Waals surface area (Å²) in [6.07, 6.45) is 2.90. The first kappa shape index (κ1) is 12.8. The van der Waals surface area contributed by atoms with Crippen LogP contribution in [0.3, 0.4) is 0 Å². The molecule has 16 heavy (non-hydrogen) atoms. The van der Waals surface area contributed by atoms with E-state index in [1.54, 1.807) is 0 Å². The van der Waals surface area contributed by atoms with E-state index in [0.717, 1.165) is 12.8 Å². The zero-order chi connectivity index (χ0) is 12.2. The van der Waals surface area contributed by atoms with Gasteiger partial charge in [0.1, 0.15) is 0 Å². The zero-order valence-electron chi connectivity index (χ0n) is 9.88. The van der Waals surface area contributed by atoms with Crippen LogP contribution in [0.5, 0.6) is 0 Å². The van der Waals surface area contributed by atoms with E-state index in [1.807, 2.05) is 6.92 Å². The minimum atomic E-state index is -0.888. The highest BCUT2D eigenvalue weighted by Crippen LogP contribution is 2.43. The molecule has 0 heterocycles. The summed E-state index contributed by atoms with van der Waals surface area (Å²) in [5, 5.41) is 14.1. The lowest BCUT2D eigenvalue weighted by Gasteiger charge is -2.16. The van der Waals surface area contributed by atoms with Gasteiger partial charge in [0, 0.05) is 12.6 Å². The predicted molar refractivity (Wildman–Crippen MR) is 60.2 cm³/mol. The van der Waals surface area contributed by atoms with Gasteiger partial charge in [0.2, 0.25) is 0 Å². The summed E-state index contributed by atoms with van der Waals surface area (Å²) < 4.78 is 0. The van der Waals surface area contributed by atoms with Gasteiger partial charge < -0.3 is 15.7 Å². The van der Waals surface area contributed by atoms with E-state index >= 15 is 0 Å². The maximum absolute atomic E-state index is 11.5. The number of hydrogen-bond donors (Lipinski definition) is 3. The van der Waals surface area contributed by atoms with Crippen LogP contribution >= 0.6 is 0 Å². The molecule has 1 aliphatic carbocycles. The van der Waals surface area contributed by atoms with Gasteiger partial charge in [0.25, 0.3) is 0 Å². The van der Waals surface area contributed by atoms with Crippen LogP contribution in [0.15, 0.2) is 0 Å². The number of carbonyl (C=O) groups is 2. The first-order chi connectivity index (χ1) is 7.45. The van der Waals surface area contributed by atoms with Gasteiger partial charge in [-0.3, -0.25) is 4.79 Å². The quantitative estimate of drug-likeness (QED) is 0.642. The summed E-state index contributed by atoms with van der Waals surface area (Å²) in [5.74, 6) is -0.888. The molecule has 0 aromatic heterocycles. The van der Waals surface area contributed by atoms with Gasteiger partial charge in [0.15, 0.2) is 0 Å². The summed E-state index contributed by atoms with van der Waals surface area (Å²) in [6, 6.07) is -0.550. The molecule has 2 amide bonds. The number of hydrogen-bond acceptors (Lipinski definition) is 2. The topological polar surface area (TPSA) is 78.4 Å². The Balaban J connectivity index is 2.22. The van der Waals surface area contributed by atoms with E-state index in [0.29, 0.717) is 13.0 Å². The molecule has 0 bridgehead atoms. The van der Waals surface area contributed by atoms with Gasteiger partial charge in [-0.2, -0.15) is 0 Å². The normalized spacial score (nSPS) is 18.6. The fraction of sp³-hybridized carbons (Fsp3) is 0.818. The van der Waals surface area contributed by atoms with Crippen LogP contribution in [0, 0.1) is 5.41 Å². The molecule has 1 saturated carbocycles. The van der Waals surface area contributed by atoms with Crippen LogP contribution in [0.4, 0.5) is 4.79 Å². The van der Waals surface area contributed by atoms with Crippen molar-refractivity contribution >= 4 is 12.0 Å². The maximum atomic E-state index is 11.5. The van der Waals surface area contributed by atoms with Crippen molar-refractivity contribution in [3.05, 3.63) is 0 Å². The molecule has 1 unspecified atom stereocenters. The van der Waals surface area contributed by atoms with Crippen LogP contribution in [-0.2, 0) is 4.79 Å². The Bertz CT molecular complexity index is 274. The smallest absolute Gasteiger partial charge is 0.315 e. The monoisotopic (exact) mass is 228 g/mol. The Morgan fingerprint density at radius 3 is 2.50 bits per heavy atom. The molecule has 1 aliphatic rings. The lowest BCUT2D eigenvalue weighted by molar-refractivity contribution is -0.137. The fourth-order valence-corrected chi connectivity index (χ4v) is 1.43. The molecule has 0 aromatic carbocycles. The highest BCUT2D eigenvalue weighted by atomic mass is 16.4. The standard InChI is InChI=1S/C11H20N2O3/c1-3-8(6-9(14)15)13-10(16)12-7-11(2)4-5-11/h8H,3-7H2,1-2H3,(H,14,15)(H2,12,13,16). The van der Waals surface area contributed by atoms with Crippen molar-refractivity contribution in [1.82, 2.24) is 10.6 Å². The maximum Gasteiger partial charge on any atom is 0.315 e. The molecule has 0 aromatic rings. The van der Waals surface area contributed by atoms with Gasteiger partial charge in [-0.15, -0.1) is 0 Å². The predicted octanol–water partition coefficient (Wildman–Crippen LogP) is 1.34. The van der Waals surface area contributed by atoms with Crippen molar-refractivity contribution in [2.75, 3.05) is 6.54 Å². The lowest BCUT2D eigenvalue weighted by atomic mass is 10.1. The van der Waals surface area contributed by atoms with E-state index in [1.165, 1.54) is 0 Å². The largest absolute Gasteiger partial charge is 0.481 e. The van der Waals surface area contributed by atoms with E-state index in [-0.39, 0.29) is 23.9 Å². The molecular weight excluding hydrogens is 208 g/mol. The molecule has 5 nitrogen and oxygen atoms in total. The van der Waals surface area contributed by atoms with Crippen molar-refractivity contribution in [3.8, 4) is 0 Å². The molecule has 1 fully saturated rings. The van der Waals surface area contributed by atoms with Crippen LogP contribution in [-0.4, -0.2) is 29.7 Å². The van der Waals surface area contributed by atoms with E-state index in [4.69, 9.17) is 5.11 Å². The van der Waals surface area contributed by atoms with Crippen LogP contribution in [0.1, 0.15) is 39.5 Å². The first-order valence-electron chi connectivity index (χ1n) is 5.71. The molecule has 0 spiro atoms. The average molecular weight is 228 g/mol. The van der Waals surface area contributed by atoms with Gasteiger partial charge in [-0.05, 0) is 24.7 Å². The molecule has 3 N–H and O–H groups in total. The number of urea groups is 1. The summed E-state index contributed by atoms with van der Waals surface area (Å²) in [7, 11) is 0. The molecule has 1 atom stereocenters. The van der Waals surface area contributed by atoms with Crippen LogP contribution in [0.25, 0.3) is 0 Å². The van der Waals surface area contributed by atoms with Crippen molar-refractivity contribution in [2.45, 2.75) is 45.6 Å². The fourth-order valence-electron chi connectivity index (χ4n) is 1.43. The third-order valence-corrected chi connectivity index (χ3v) is 3.03. The lowest BCUT2D eigenvalue weighted by Crippen LogP contribution is -2.44. The van der Waals surface area contributed by atoms with E-state index in [9.17, 15) is 9.59 Å². The molecule has 5 heteroatoms. The summed E-state index contributed by atoms with van der Waals surface area (Å²) in [6.45, 7) is 4.65. The molecule has 0 saturated heterocycles. The summed E-state index contributed by atoms with van der Waals surface area (Å²) >= 11 is 0. The number of nitrogens with one attached hydrogen (secondary N) is 2. The minimum absolute atomic E-state index is 0.0266. The second kappa shape index (κ2) is 5.18. The van der Waals surface area contributed by atoms with Gasteiger partial charge in [0.05, 0.1) is 6.42 Å². The van der Waals surface area contributed by atoms with Crippen molar-refractivity contribution in [1.29, 1.82) is 0 Å². The molecule has 0 radical (unpaired) electrons. The van der Waals surface area contributed by atoms with E-state index < -0.39 is 5.97 Å². The number of carboxylic acids is 1. The highest BCUT2D eigenvalue weighted by molar-refractivity contribution is 5.75. The summed E-state index contributed by atoms with van der Waals surface area (Å²) in [5.41, 5.74) is 0.270. The second-order valence-corrected chi connectivity index (χ2v) is 4.84. The number of carbonyl (C=O) groups excluding carboxylic acids is 1. The third-order valence-electron chi connectivity index (χ3n) is 3.03. The van der Waals surface area contributed by atoms with Gasteiger partial charge in [-0.25, -0.2) is 4.79 Å². The first-order valence-corrected chi connectivity index (χ1v) is 5.71. The van der Waals surface area contributed by atoms with Crippen molar-refractivity contribution in [3.63, 3.8) is 0 Å². The highest BCUT2D eigenvalue weighted by Gasteiger charge is 2.37. The third kappa shape index (κ3) is 4.51. The Labute approximate surface area is 95.6 Å². The van der Waals surface area contributed by atoms with Crippen LogP contribution in [0.2, 0.25) is 0 Å². The molecule has 92 valence electrons. The molecule has 0 aliphatic heterocycles. The molecular formula is C11H20N2O3.